The van der Waals surface area contributed by atoms with Gasteiger partial charge < -0.3 is 9.64 Å². The average Bonchev–Trinajstić information content (AvgIpc) is 3.39. The monoisotopic (exact) mass is 287 g/mol. The van der Waals surface area contributed by atoms with Crippen molar-refractivity contribution in [2.75, 3.05) is 19.7 Å². The minimum atomic E-state index is 0.0586. The molecule has 1 aromatic heterocycles. The molecule has 21 heavy (non-hydrogen) atoms. The molecule has 3 aliphatic rings. The van der Waals surface area contributed by atoms with Crippen LogP contribution in [0.15, 0.2) is 12.3 Å². The van der Waals surface area contributed by atoms with Gasteiger partial charge in [0.1, 0.15) is 11.5 Å². The molecule has 0 unspecified atom stereocenters. The lowest BCUT2D eigenvalue weighted by atomic mass is 9.88. The number of ether oxygens (including phenoxy) is 1. The highest BCUT2D eigenvalue weighted by Gasteiger charge is 2.35. The lowest BCUT2D eigenvalue weighted by molar-refractivity contribution is -0.0607. The van der Waals surface area contributed by atoms with Gasteiger partial charge in [0.05, 0.1) is 6.10 Å². The molecule has 1 aromatic rings. The number of rotatable bonds is 2. The van der Waals surface area contributed by atoms with E-state index in [1.54, 1.807) is 12.3 Å². The highest BCUT2D eigenvalue weighted by molar-refractivity contribution is 5.92. The average molecular weight is 287 g/mol. The molecule has 0 radical (unpaired) electrons. The Morgan fingerprint density at radius 3 is 3.05 bits per heavy atom. The third-order valence-corrected chi connectivity index (χ3v) is 4.84. The van der Waals surface area contributed by atoms with E-state index in [1.165, 1.54) is 6.42 Å². The Balaban J connectivity index is 1.48. The number of hydrogen-bond donors (Lipinski definition) is 0. The number of carbonyl (C=O) groups is 1. The predicted molar refractivity (Wildman–Crippen MR) is 77.0 cm³/mol. The summed E-state index contributed by atoms with van der Waals surface area (Å²) in [5.41, 5.74) is 0.557. The standard InChI is InChI=1S/C16H21N3O2/c20-16(13-5-7-17-15(18-13)11-3-4-11)19-8-6-14-12(10-19)2-1-9-21-14/h5,7,11-12,14H,1-4,6,8-10H2/t12-,14+/m1/s1. The highest BCUT2D eigenvalue weighted by Crippen LogP contribution is 2.37. The lowest BCUT2D eigenvalue weighted by Crippen LogP contribution is -2.48. The molecule has 1 amide bonds. The van der Waals surface area contributed by atoms with Crippen LogP contribution in [0.3, 0.4) is 0 Å². The van der Waals surface area contributed by atoms with Gasteiger partial charge >= 0.3 is 0 Å². The van der Waals surface area contributed by atoms with Crippen molar-refractivity contribution >= 4 is 5.91 Å². The van der Waals surface area contributed by atoms with Gasteiger partial charge in [-0.2, -0.15) is 0 Å². The minimum Gasteiger partial charge on any atom is -0.378 e. The van der Waals surface area contributed by atoms with Crippen molar-refractivity contribution in [2.45, 2.75) is 44.1 Å². The van der Waals surface area contributed by atoms with E-state index in [9.17, 15) is 4.79 Å². The van der Waals surface area contributed by atoms with Crippen LogP contribution in [-0.2, 0) is 4.74 Å². The molecule has 3 heterocycles. The molecule has 0 aromatic carbocycles. The Bertz CT molecular complexity index is 544. The van der Waals surface area contributed by atoms with Crippen molar-refractivity contribution < 1.29 is 9.53 Å². The second-order valence-electron chi connectivity index (χ2n) is 6.43. The van der Waals surface area contributed by atoms with E-state index in [0.717, 1.165) is 51.2 Å². The molecule has 0 N–H and O–H groups in total. The van der Waals surface area contributed by atoms with Crippen molar-refractivity contribution in [3.8, 4) is 0 Å². The second-order valence-corrected chi connectivity index (χ2v) is 6.43. The molecule has 5 nitrogen and oxygen atoms in total. The summed E-state index contributed by atoms with van der Waals surface area (Å²) in [5, 5.41) is 0. The summed E-state index contributed by atoms with van der Waals surface area (Å²) in [5.74, 6) is 1.89. The van der Waals surface area contributed by atoms with Gasteiger partial charge in [-0.25, -0.2) is 9.97 Å². The van der Waals surface area contributed by atoms with Gasteiger partial charge in [-0.3, -0.25) is 4.79 Å². The number of piperidine rings is 1. The largest absolute Gasteiger partial charge is 0.378 e. The summed E-state index contributed by atoms with van der Waals surface area (Å²) < 4.78 is 5.81. The summed E-state index contributed by atoms with van der Waals surface area (Å²) in [6, 6.07) is 1.75. The molecular weight excluding hydrogens is 266 g/mol. The number of aromatic nitrogens is 2. The number of hydrogen-bond acceptors (Lipinski definition) is 4. The number of carbonyl (C=O) groups excluding carboxylic acids is 1. The third kappa shape index (κ3) is 2.67. The number of nitrogens with zero attached hydrogens (tertiary/aromatic N) is 3. The Hall–Kier alpha value is -1.49. The molecule has 2 saturated heterocycles. The SMILES string of the molecule is O=C(c1ccnc(C2CC2)n1)N1CC[C@@H]2OCCC[C@@H]2C1. The van der Waals surface area contributed by atoms with Crippen molar-refractivity contribution in [3.05, 3.63) is 23.8 Å². The van der Waals surface area contributed by atoms with Crippen LogP contribution in [0.1, 0.15) is 54.3 Å². The summed E-state index contributed by atoms with van der Waals surface area (Å²) in [7, 11) is 0. The van der Waals surface area contributed by atoms with Crippen LogP contribution in [-0.4, -0.2) is 46.6 Å². The maximum atomic E-state index is 12.7. The Morgan fingerprint density at radius 2 is 2.19 bits per heavy atom. The van der Waals surface area contributed by atoms with E-state index in [0.29, 0.717) is 23.6 Å². The Labute approximate surface area is 124 Å². The topological polar surface area (TPSA) is 55.3 Å². The molecule has 0 spiro atoms. The van der Waals surface area contributed by atoms with Crippen LogP contribution in [0.5, 0.6) is 0 Å². The van der Waals surface area contributed by atoms with Gasteiger partial charge in [-0.1, -0.05) is 0 Å². The van der Waals surface area contributed by atoms with Crippen molar-refractivity contribution in [3.63, 3.8) is 0 Å². The highest BCUT2D eigenvalue weighted by atomic mass is 16.5. The quantitative estimate of drug-likeness (QED) is 0.835. The molecule has 2 atom stereocenters. The van der Waals surface area contributed by atoms with Crippen LogP contribution in [0.4, 0.5) is 0 Å². The number of amides is 1. The van der Waals surface area contributed by atoms with E-state index < -0.39 is 0 Å². The zero-order chi connectivity index (χ0) is 14.2. The molecule has 1 aliphatic carbocycles. The first-order valence-corrected chi connectivity index (χ1v) is 8.05. The molecule has 0 bridgehead atoms. The molecule has 3 fully saturated rings. The zero-order valence-corrected chi connectivity index (χ0v) is 12.2. The van der Waals surface area contributed by atoms with Crippen molar-refractivity contribution in [2.24, 2.45) is 5.92 Å². The van der Waals surface area contributed by atoms with Crippen LogP contribution in [0.2, 0.25) is 0 Å². The van der Waals surface area contributed by atoms with Crippen molar-refractivity contribution in [1.82, 2.24) is 14.9 Å². The molecule has 1 saturated carbocycles. The van der Waals surface area contributed by atoms with E-state index in [1.807, 2.05) is 4.90 Å². The van der Waals surface area contributed by atoms with Crippen LogP contribution < -0.4 is 0 Å². The van der Waals surface area contributed by atoms with Gasteiger partial charge in [0, 0.05) is 37.7 Å². The smallest absolute Gasteiger partial charge is 0.272 e. The van der Waals surface area contributed by atoms with Crippen LogP contribution >= 0.6 is 0 Å². The number of fused-ring (bicyclic) bond motifs is 1. The van der Waals surface area contributed by atoms with E-state index in [4.69, 9.17) is 4.74 Å². The second kappa shape index (κ2) is 5.37. The van der Waals surface area contributed by atoms with Gasteiger partial charge in [-0.05, 0) is 38.2 Å². The molecule has 112 valence electrons. The van der Waals surface area contributed by atoms with Crippen LogP contribution in [0, 0.1) is 5.92 Å². The maximum Gasteiger partial charge on any atom is 0.272 e. The Kier molecular flexibility index (Phi) is 3.37. The first kappa shape index (κ1) is 13.2. The van der Waals surface area contributed by atoms with Gasteiger partial charge in [0.25, 0.3) is 5.91 Å². The van der Waals surface area contributed by atoms with Crippen molar-refractivity contribution in [1.29, 1.82) is 0 Å². The van der Waals surface area contributed by atoms with E-state index in [2.05, 4.69) is 9.97 Å². The Morgan fingerprint density at radius 1 is 1.29 bits per heavy atom. The van der Waals surface area contributed by atoms with Gasteiger partial charge in [0.15, 0.2) is 0 Å². The van der Waals surface area contributed by atoms with Gasteiger partial charge in [-0.15, -0.1) is 0 Å². The first-order valence-electron chi connectivity index (χ1n) is 8.05. The first-order chi connectivity index (χ1) is 10.3. The third-order valence-electron chi connectivity index (χ3n) is 4.84. The van der Waals surface area contributed by atoms with Crippen LogP contribution in [0.25, 0.3) is 0 Å². The zero-order valence-electron chi connectivity index (χ0n) is 12.2. The predicted octanol–water partition coefficient (Wildman–Crippen LogP) is 2.00. The summed E-state index contributed by atoms with van der Waals surface area (Å²) >= 11 is 0. The lowest BCUT2D eigenvalue weighted by Gasteiger charge is -2.40. The summed E-state index contributed by atoms with van der Waals surface area (Å²) in [6.45, 7) is 2.47. The fraction of sp³-hybridized carbons (Fsp3) is 0.688. The molecule has 5 heteroatoms. The molecule has 4 rings (SSSR count). The molecular formula is C16H21N3O2. The fourth-order valence-electron chi connectivity index (χ4n) is 3.47. The minimum absolute atomic E-state index is 0.0586. The summed E-state index contributed by atoms with van der Waals surface area (Å²) in [6.07, 6.45) is 7.63. The molecule has 2 aliphatic heterocycles. The normalized spacial score (nSPS) is 29.0. The van der Waals surface area contributed by atoms with Gasteiger partial charge in [0.2, 0.25) is 0 Å². The van der Waals surface area contributed by atoms with E-state index in [-0.39, 0.29) is 5.91 Å². The van der Waals surface area contributed by atoms with E-state index >= 15 is 0 Å². The fourth-order valence-corrected chi connectivity index (χ4v) is 3.47. The summed E-state index contributed by atoms with van der Waals surface area (Å²) in [4.78, 5) is 23.4. The maximum absolute atomic E-state index is 12.7. The number of likely N-dealkylation sites (tertiary alicyclic amines) is 1.